The molecule has 0 bridgehead atoms. The SMILES string of the molecule is O=c1c2cc(N3CCOCC3)nc(-c3ccc(Cl)cc3F)c2nc2n1C1CC1C2. The normalized spacial score (nSPS) is 22.6. The Bertz CT molecular complexity index is 1220. The van der Waals surface area contributed by atoms with Crippen LogP contribution in [0.2, 0.25) is 5.02 Å². The van der Waals surface area contributed by atoms with Crippen LogP contribution in [-0.4, -0.2) is 40.8 Å². The highest BCUT2D eigenvalue weighted by molar-refractivity contribution is 6.30. The summed E-state index contributed by atoms with van der Waals surface area (Å²) in [6.45, 7) is 2.53. The molecule has 1 saturated carbocycles. The number of nitrogens with zero attached hydrogens (tertiary/aromatic N) is 4. The topological polar surface area (TPSA) is 60.3 Å². The third kappa shape index (κ3) is 2.68. The fourth-order valence-electron chi connectivity index (χ4n) is 4.54. The highest BCUT2D eigenvalue weighted by Gasteiger charge is 2.47. The van der Waals surface area contributed by atoms with Crippen molar-refractivity contribution in [3.8, 4) is 11.3 Å². The lowest BCUT2D eigenvalue weighted by Crippen LogP contribution is -2.37. The van der Waals surface area contributed by atoms with E-state index in [2.05, 4.69) is 4.90 Å². The predicted octanol–water partition coefficient (Wildman–Crippen LogP) is 3.20. The first-order valence-electron chi connectivity index (χ1n) is 9.84. The minimum Gasteiger partial charge on any atom is -0.378 e. The lowest BCUT2D eigenvalue weighted by molar-refractivity contribution is 0.122. The van der Waals surface area contributed by atoms with E-state index in [0.29, 0.717) is 65.2 Å². The van der Waals surface area contributed by atoms with Crippen LogP contribution in [0.25, 0.3) is 22.2 Å². The van der Waals surface area contributed by atoms with Crippen LogP contribution >= 0.6 is 11.6 Å². The zero-order chi connectivity index (χ0) is 19.7. The number of anilines is 1. The second-order valence-corrected chi connectivity index (χ2v) is 8.36. The largest absolute Gasteiger partial charge is 0.378 e. The van der Waals surface area contributed by atoms with E-state index in [1.54, 1.807) is 18.2 Å². The highest BCUT2D eigenvalue weighted by Crippen LogP contribution is 2.50. The number of halogens is 2. The lowest BCUT2D eigenvalue weighted by Gasteiger charge is -2.28. The Labute approximate surface area is 170 Å². The van der Waals surface area contributed by atoms with E-state index < -0.39 is 5.82 Å². The Morgan fingerprint density at radius 2 is 2.00 bits per heavy atom. The second-order valence-electron chi connectivity index (χ2n) is 7.92. The minimum absolute atomic E-state index is 0.0532. The smallest absolute Gasteiger partial charge is 0.261 e. The van der Waals surface area contributed by atoms with Crippen molar-refractivity contribution in [3.05, 3.63) is 51.3 Å². The fourth-order valence-corrected chi connectivity index (χ4v) is 4.70. The minimum atomic E-state index is -0.476. The number of aromatic nitrogens is 3. The van der Waals surface area contributed by atoms with E-state index in [1.807, 2.05) is 4.57 Å². The summed E-state index contributed by atoms with van der Waals surface area (Å²) in [7, 11) is 0. The summed E-state index contributed by atoms with van der Waals surface area (Å²) in [6.07, 6.45) is 1.84. The number of pyridine rings is 1. The van der Waals surface area contributed by atoms with Gasteiger partial charge in [0.15, 0.2) is 0 Å². The highest BCUT2D eigenvalue weighted by atomic mass is 35.5. The van der Waals surface area contributed by atoms with Crippen molar-refractivity contribution in [2.45, 2.75) is 18.9 Å². The van der Waals surface area contributed by atoms with E-state index >= 15 is 0 Å². The van der Waals surface area contributed by atoms with E-state index in [1.165, 1.54) is 6.07 Å². The van der Waals surface area contributed by atoms with Crippen LogP contribution in [0, 0.1) is 11.7 Å². The molecule has 1 saturated heterocycles. The number of rotatable bonds is 2. The Morgan fingerprint density at radius 3 is 2.79 bits per heavy atom. The van der Waals surface area contributed by atoms with Crippen molar-refractivity contribution in [1.82, 2.24) is 14.5 Å². The van der Waals surface area contributed by atoms with Gasteiger partial charge in [0.25, 0.3) is 5.56 Å². The third-order valence-electron chi connectivity index (χ3n) is 6.13. The third-order valence-corrected chi connectivity index (χ3v) is 6.37. The van der Waals surface area contributed by atoms with Crippen molar-refractivity contribution in [1.29, 1.82) is 0 Å². The molecule has 2 fully saturated rings. The van der Waals surface area contributed by atoms with Crippen molar-refractivity contribution in [3.63, 3.8) is 0 Å². The Morgan fingerprint density at radius 1 is 1.17 bits per heavy atom. The summed E-state index contributed by atoms with van der Waals surface area (Å²) >= 11 is 5.95. The summed E-state index contributed by atoms with van der Waals surface area (Å²) in [6, 6.07) is 6.57. The number of benzene rings is 1. The molecule has 0 spiro atoms. The van der Waals surface area contributed by atoms with Crippen LogP contribution in [0.5, 0.6) is 0 Å². The van der Waals surface area contributed by atoms with Crippen LogP contribution < -0.4 is 10.5 Å². The summed E-state index contributed by atoms with van der Waals surface area (Å²) in [4.78, 5) is 25.0. The van der Waals surface area contributed by atoms with Gasteiger partial charge in [0.1, 0.15) is 28.7 Å². The Balaban J connectivity index is 1.64. The van der Waals surface area contributed by atoms with Gasteiger partial charge >= 0.3 is 0 Å². The molecule has 4 heterocycles. The number of ether oxygens (including phenoxy) is 1. The van der Waals surface area contributed by atoms with Crippen LogP contribution in [0.4, 0.5) is 10.2 Å². The number of morpholine rings is 1. The standard InChI is InChI=1S/C21H18ClFN4O2/c22-12-1-2-13(15(23)9-12)19-20-14(10-17(24-19)26-3-5-29-6-4-26)21(28)27-16-7-11(16)8-18(27)25-20/h1-2,9-11,16H,3-8H2. The average Bonchev–Trinajstić information content (AvgIpc) is 3.38. The molecule has 2 aromatic heterocycles. The van der Waals surface area contributed by atoms with Crippen LogP contribution in [0.15, 0.2) is 29.1 Å². The zero-order valence-electron chi connectivity index (χ0n) is 15.6. The van der Waals surface area contributed by atoms with E-state index in [0.717, 1.165) is 18.7 Å². The number of fused-ring (bicyclic) bond motifs is 4. The van der Waals surface area contributed by atoms with Gasteiger partial charge in [-0.15, -0.1) is 0 Å². The van der Waals surface area contributed by atoms with Gasteiger partial charge in [0.2, 0.25) is 0 Å². The van der Waals surface area contributed by atoms with Crippen molar-refractivity contribution >= 4 is 28.3 Å². The molecule has 1 aromatic carbocycles. The molecule has 8 heteroatoms. The van der Waals surface area contributed by atoms with Crippen molar-refractivity contribution in [2.75, 3.05) is 31.2 Å². The zero-order valence-corrected chi connectivity index (χ0v) is 16.3. The first kappa shape index (κ1) is 17.4. The Hall–Kier alpha value is -2.51. The maximum atomic E-state index is 14.8. The molecule has 148 valence electrons. The number of hydrogen-bond donors (Lipinski definition) is 0. The van der Waals surface area contributed by atoms with Gasteiger partial charge in [0.05, 0.1) is 18.6 Å². The molecule has 0 N–H and O–H groups in total. The Kier molecular flexibility index (Phi) is 3.74. The molecule has 6 nitrogen and oxygen atoms in total. The summed E-state index contributed by atoms with van der Waals surface area (Å²) in [5.74, 6) is 1.46. The molecule has 0 amide bonds. The molecule has 29 heavy (non-hydrogen) atoms. The van der Waals surface area contributed by atoms with E-state index in [-0.39, 0.29) is 11.6 Å². The lowest BCUT2D eigenvalue weighted by atomic mass is 10.1. The monoisotopic (exact) mass is 412 g/mol. The maximum Gasteiger partial charge on any atom is 0.261 e. The first-order valence-corrected chi connectivity index (χ1v) is 10.2. The van der Waals surface area contributed by atoms with Crippen LogP contribution in [0.3, 0.4) is 0 Å². The molecular weight excluding hydrogens is 395 g/mol. The summed E-state index contributed by atoms with van der Waals surface area (Å²) < 4.78 is 22.1. The van der Waals surface area contributed by atoms with Gasteiger partial charge in [-0.05, 0) is 36.6 Å². The molecule has 3 aromatic rings. The van der Waals surface area contributed by atoms with Gasteiger partial charge in [0, 0.05) is 36.1 Å². The first-order chi connectivity index (χ1) is 14.1. The molecule has 1 aliphatic carbocycles. The van der Waals surface area contributed by atoms with Gasteiger partial charge < -0.3 is 9.64 Å². The van der Waals surface area contributed by atoms with Gasteiger partial charge in [-0.25, -0.2) is 14.4 Å². The maximum absolute atomic E-state index is 14.8. The molecule has 2 atom stereocenters. The molecule has 2 aliphatic heterocycles. The molecule has 0 radical (unpaired) electrons. The summed E-state index contributed by atoms with van der Waals surface area (Å²) in [5, 5.41) is 0.802. The fraction of sp³-hybridized carbons (Fsp3) is 0.381. The average molecular weight is 413 g/mol. The second kappa shape index (κ2) is 6.24. The predicted molar refractivity (Wildman–Crippen MR) is 108 cm³/mol. The molecular formula is C21H18ClFN4O2. The van der Waals surface area contributed by atoms with E-state index in [9.17, 15) is 9.18 Å². The molecule has 2 unspecified atom stereocenters. The van der Waals surface area contributed by atoms with Crippen molar-refractivity contribution < 1.29 is 9.13 Å². The van der Waals surface area contributed by atoms with Crippen LogP contribution in [-0.2, 0) is 11.2 Å². The van der Waals surface area contributed by atoms with Gasteiger partial charge in [-0.3, -0.25) is 9.36 Å². The molecule has 3 aliphatic rings. The van der Waals surface area contributed by atoms with Gasteiger partial charge in [-0.2, -0.15) is 0 Å². The van der Waals surface area contributed by atoms with Crippen LogP contribution in [0.1, 0.15) is 18.3 Å². The van der Waals surface area contributed by atoms with Crippen molar-refractivity contribution in [2.24, 2.45) is 5.92 Å². The molecule has 6 rings (SSSR count). The number of hydrogen-bond acceptors (Lipinski definition) is 5. The summed E-state index contributed by atoms with van der Waals surface area (Å²) in [5.41, 5.74) is 1.09. The van der Waals surface area contributed by atoms with Gasteiger partial charge in [-0.1, -0.05) is 11.6 Å². The van der Waals surface area contributed by atoms with E-state index in [4.69, 9.17) is 26.3 Å². The quantitative estimate of drug-likeness (QED) is 0.647.